The Bertz CT molecular complexity index is 928. The zero-order valence-corrected chi connectivity index (χ0v) is 22.9. The summed E-state index contributed by atoms with van der Waals surface area (Å²) in [4.78, 5) is 13.2. The Kier molecular flexibility index (Phi) is 7.38. The number of rotatable bonds is 7. The third-order valence-corrected chi connectivity index (χ3v) is 13.3. The van der Waals surface area contributed by atoms with Crippen LogP contribution in [0.25, 0.3) is 0 Å². The molecule has 2 bridgehead atoms. The van der Waals surface area contributed by atoms with Gasteiger partial charge in [-0.3, -0.25) is 0 Å². The standard InChI is InChI=1S/C27H45N3O4S/c1-19(2)26(29,18-28)24(31)34-23-17-20-15-16-27(23,25(20,3)4)35(32,33)30(21-11-7-5-8-12-21)22-13-9-6-10-14-22/h19-23H,5-17,29H2,1-4H3/t20-,23-,26-,27-/m1/s1. The molecule has 0 aromatic rings. The second-order valence-corrected chi connectivity index (χ2v) is 14.6. The Morgan fingerprint density at radius 1 is 1.03 bits per heavy atom. The van der Waals surface area contributed by atoms with E-state index in [9.17, 15) is 10.1 Å². The average Bonchev–Trinajstić information content (AvgIpc) is 3.22. The van der Waals surface area contributed by atoms with Crippen LogP contribution in [0, 0.1) is 28.6 Å². The molecule has 4 aliphatic carbocycles. The molecule has 4 atom stereocenters. The number of ether oxygens (including phenoxy) is 1. The van der Waals surface area contributed by atoms with E-state index in [4.69, 9.17) is 10.5 Å². The van der Waals surface area contributed by atoms with Crippen LogP contribution < -0.4 is 5.73 Å². The minimum atomic E-state index is -3.81. The summed E-state index contributed by atoms with van der Waals surface area (Å²) in [7, 11) is -3.81. The van der Waals surface area contributed by atoms with Crippen LogP contribution in [0.3, 0.4) is 0 Å². The fourth-order valence-electron chi connectivity index (χ4n) is 7.81. The van der Waals surface area contributed by atoms with Gasteiger partial charge in [0.1, 0.15) is 10.9 Å². The van der Waals surface area contributed by atoms with E-state index < -0.39 is 43.7 Å². The molecule has 0 amide bonds. The zero-order chi connectivity index (χ0) is 25.6. The van der Waals surface area contributed by atoms with Crippen molar-refractivity contribution in [3.05, 3.63) is 0 Å². The van der Waals surface area contributed by atoms with Crippen molar-refractivity contribution in [1.82, 2.24) is 4.31 Å². The fourth-order valence-corrected chi connectivity index (χ4v) is 11.1. The van der Waals surface area contributed by atoms with Gasteiger partial charge in [-0.15, -0.1) is 0 Å². The first-order valence-corrected chi connectivity index (χ1v) is 15.3. The van der Waals surface area contributed by atoms with E-state index in [2.05, 4.69) is 13.8 Å². The summed E-state index contributed by atoms with van der Waals surface area (Å²) in [6, 6.07) is 2.00. The topological polar surface area (TPSA) is 113 Å². The predicted molar refractivity (Wildman–Crippen MR) is 136 cm³/mol. The maximum atomic E-state index is 15.0. The van der Waals surface area contributed by atoms with Crippen LogP contribution in [0.15, 0.2) is 0 Å². The molecule has 8 heteroatoms. The van der Waals surface area contributed by atoms with Crippen molar-refractivity contribution >= 4 is 16.0 Å². The maximum absolute atomic E-state index is 15.0. The van der Waals surface area contributed by atoms with Gasteiger partial charge in [0.05, 0.1) is 6.07 Å². The summed E-state index contributed by atoms with van der Waals surface area (Å²) in [6.45, 7) is 7.54. The average molecular weight is 508 g/mol. The maximum Gasteiger partial charge on any atom is 0.341 e. The molecule has 35 heavy (non-hydrogen) atoms. The van der Waals surface area contributed by atoms with Crippen LogP contribution in [0.5, 0.6) is 0 Å². The van der Waals surface area contributed by atoms with E-state index in [1.807, 2.05) is 10.4 Å². The van der Waals surface area contributed by atoms with Crippen LogP contribution in [-0.4, -0.2) is 47.2 Å². The van der Waals surface area contributed by atoms with Crippen molar-refractivity contribution in [2.75, 3.05) is 0 Å². The van der Waals surface area contributed by atoms with Gasteiger partial charge in [0.15, 0.2) is 0 Å². The highest BCUT2D eigenvalue weighted by Gasteiger charge is 2.74. The summed E-state index contributed by atoms with van der Waals surface area (Å²) in [6.07, 6.45) is 11.3. The monoisotopic (exact) mass is 507 g/mol. The van der Waals surface area contributed by atoms with Crippen LogP contribution in [-0.2, 0) is 19.6 Å². The number of hydrogen-bond acceptors (Lipinski definition) is 6. The van der Waals surface area contributed by atoms with E-state index in [-0.39, 0.29) is 18.0 Å². The summed E-state index contributed by atoms with van der Waals surface area (Å²) in [5.74, 6) is -1.08. The van der Waals surface area contributed by atoms with Crippen LogP contribution in [0.1, 0.15) is 111 Å². The normalized spacial score (nSPS) is 33.5. The van der Waals surface area contributed by atoms with Gasteiger partial charge >= 0.3 is 5.97 Å². The largest absolute Gasteiger partial charge is 0.458 e. The molecule has 4 saturated carbocycles. The first-order chi connectivity index (χ1) is 16.4. The first-order valence-electron chi connectivity index (χ1n) is 13.9. The molecule has 2 N–H and O–H groups in total. The molecule has 0 radical (unpaired) electrons. The molecular formula is C27H45N3O4S. The highest BCUT2D eigenvalue weighted by Crippen LogP contribution is 2.65. The van der Waals surface area contributed by atoms with Gasteiger partial charge in [0.2, 0.25) is 15.6 Å². The van der Waals surface area contributed by atoms with Crippen LogP contribution in [0.2, 0.25) is 0 Å². The lowest BCUT2D eigenvalue weighted by molar-refractivity contribution is -0.157. The number of nitrogens with two attached hydrogens (primary N) is 1. The van der Waals surface area contributed by atoms with Gasteiger partial charge in [-0.05, 0) is 62.2 Å². The Hall–Kier alpha value is -1.17. The highest BCUT2D eigenvalue weighted by atomic mass is 32.2. The highest BCUT2D eigenvalue weighted by molar-refractivity contribution is 7.90. The van der Waals surface area contributed by atoms with Gasteiger partial charge in [-0.25, -0.2) is 13.2 Å². The molecule has 0 aromatic heterocycles. The number of carbonyl (C=O) groups excluding carboxylic acids is 1. The molecule has 4 rings (SSSR count). The molecule has 4 fully saturated rings. The molecular weight excluding hydrogens is 462 g/mol. The predicted octanol–water partition coefficient (Wildman–Crippen LogP) is 4.65. The summed E-state index contributed by atoms with van der Waals surface area (Å²) < 4.78 is 36.8. The third kappa shape index (κ3) is 4.05. The minimum absolute atomic E-state index is 0.0291. The Morgan fingerprint density at radius 3 is 1.97 bits per heavy atom. The first kappa shape index (κ1) is 26.9. The molecule has 0 aliphatic heterocycles. The smallest absolute Gasteiger partial charge is 0.341 e. The molecule has 7 nitrogen and oxygen atoms in total. The fraction of sp³-hybridized carbons (Fsp3) is 0.926. The third-order valence-electron chi connectivity index (χ3n) is 10.3. The Balaban J connectivity index is 1.76. The summed E-state index contributed by atoms with van der Waals surface area (Å²) >= 11 is 0. The van der Waals surface area contributed by atoms with Crippen molar-refractivity contribution in [2.24, 2.45) is 23.0 Å². The molecule has 0 heterocycles. The number of sulfonamides is 1. The van der Waals surface area contributed by atoms with E-state index >= 15 is 8.42 Å². The van der Waals surface area contributed by atoms with Crippen molar-refractivity contribution in [3.8, 4) is 6.07 Å². The zero-order valence-electron chi connectivity index (χ0n) is 22.1. The van der Waals surface area contributed by atoms with Crippen molar-refractivity contribution < 1.29 is 17.9 Å². The number of carbonyl (C=O) groups is 1. The molecule has 4 aliphatic rings. The number of fused-ring (bicyclic) bond motifs is 2. The molecule has 0 saturated heterocycles. The van der Waals surface area contributed by atoms with Gasteiger partial charge < -0.3 is 10.5 Å². The van der Waals surface area contributed by atoms with Crippen molar-refractivity contribution in [3.63, 3.8) is 0 Å². The lowest BCUT2D eigenvalue weighted by atomic mass is 9.81. The number of nitriles is 1. The SMILES string of the molecule is CC(C)[C@](N)(C#N)C(=O)O[C@@H]1C[C@H]2CC[C@]1(S(=O)(=O)N(C1CCCCC1)C1CCCCC1)C2(C)C. The number of esters is 1. The Morgan fingerprint density at radius 2 is 1.54 bits per heavy atom. The van der Waals surface area contributed by atoms with Gasteiger partial charge in [-0.2, -0.15) is 9.57 Å². The van der Waals surface area contributed by atoms with E-state index in [0.717, 1.165) is 70.6 Å². The lowest BCUT2D eigenvalue weighted by Crippen LogP contribution is -2.64. The van der Waals surface area contributed by atoms with Gasteiger partial charge in [0, 0.05) is 12.1 Å². The van der Waals surface area contributed by atoms with Crippen molar-refractivity contribution in [2.45, 2.75) is 140 Å². The van der Waals surface area contributed by atoms with Crippen LogP contribution in [0.4, 0.5) is 0 Å². The van der Waals surface area contributed by atoms with E-state index in [0.29, 0.717) is 12.8 Å². The summed E-state index contributed by atoms with van der Waals surface area (Å²) in [5.41, 5.74) is 3.86. The number of hydrogen-bond donors (Lipinski definition) is 1. The minimum Gasteiger partial charge on any atom is -0.458 e. The number of nitrogens with zero attached hydrogens (tertiary/aromatic N) is 2. The van der Waals surface area contributed by atoms with Crippen molar-refractivity contribution in [1.29, 1.82) is 5.26 Å². The molecule has 0 unspecified atom stereocenters. The molecule has 0 spiro atoms. The lowest BCUT2D eigenvalue weighted by Gasteiger charge is -2.49. The summed E-state index contributed by atoms with van der Waals surface area (Å²) in [5, 5.41) is 9.68. The quantitative estimate of drug-likeness (QED) is 0.502. The van der Waals surface area contributed by atoms with Gasteiger partial charge in [-0.1, -0.05) is 66.2 Å². The second-order valence-electron chi connectivity index (χ2n) is 12.5. The Labute approximate surface area is 212 Å². The second kappa shape index (κ2) is 9.61. The van der Waals surface area contributed by atoms with Crippen LogP contribution >= 0.6 is 0 Å². The van der Waals surface area contributed by atoms with Gasteiger partial charge in [0.25, 0.3) is 0 Å². The van der Waals surface area contributed by atoms with E-state index in [1.54, 1.807) is 13.8 Å². The molecule has 198 valence electrons. The molecule has 0 aromatic carbocycles. The van der Waals surface area contributed by atoms with E-state index in [1.165, 1.54) is 0 Å².